The lowest BCUT2D eigenvalue weighted by Gasteiger charge is -1.95. The maximum absolute atomic E-state index is 10.8. The molecule has 0 radical (unpaired) electrons. The van der Waals surface area contributed by atoms with Gasteiger partial charge in [-0.05, 0) is 0 Å². The summed E-state index contributed by atoms with van der Waals surface area (Å²) in [6.07, 6.45) is -1.15. The first kappa shape index (κ1) is 11.5. The van der Waals surface area contributed by atoms with Crippen molar-refractivity contribution in [1.29, 1.82) is 0 Å². The van der Waals surface area contributed by atoms with E-state index in [1.807, 2.05) is 0 Å². The van der Waals surface area contributed by atoms with Crippen LogP contribution in [0.15, 0.2) is 0 Å². The van der Waals surface area contributed by atoms with E-state index in [0.29, 0.717) is 0 Å². The van der Waals surface area contributed by atoms with Crippen molar-refractivity contribution in [3.63, 3.8) is 0 Å². The first-order chi connectivity index (χ1) is 5.97. The molecule has 0 saturated heterocycles. The molecule has 0 atom stereocenters. The number of Topliss-reactive ketones (excluding diaryl/α,β-unsaturated/α-hetero) is 3. The molecule has 13 heavy (non-hydrogen) atoms. The summed E-state index contributed by atoms with van der Waals surface area (Å²) in [5.74, 6) is -3.66. The standard InChI is InChI=1S/C8H10O5/c1-2-5(9)3-6(10)7(11)4-8(12)13/h2-4H2,1H3,(H,12,13). The van der Waals surface area contributed by atoms with Crippen LogP contribution in [0, 0.1) is 0 Å². The van der Waals surface area contributed by atoms with Gasteiger partial charge in [-0.15, -0.1) is 0 Å². The van der Waals surface area contributed by atoms with Crippen LogP contribution < -0.4 is 0 Å². The Bertz CT molecular complexity index is 253. The van der Waals surface area contributed by atoms with Crippen molar-refractivity contribution < 1.29 is 24.3 Å². The SMILES string of the molecule is CCC(=O)CC(=O)C(=O)CC(=O)O. The minimum absolute atomic E-state index is 0.173. The quantitative estimate of drug-likeness (QED) is 0.464. The molecule has 5 nitrogen and oxygen atoms in total. The van der Waals surface area contributed by atoms with Crippen LogP contribution in [0.1, 0.15) is 26.2 Å². The second-order valence-corrected chi connectivity index (χ2v) is 2.49. The van der Waals surface area contributed by atoms with Crippen molar-refractivity contribution in [2.45, 2.75) is 26.2 Å². The van der Waals surface area contributed by atoms with Crippen molar-refractivity contribution in [3.05, 3.63) is 0 Å². The third-order valence-electron chi connectivity index (χ3n) is 1.37. The smallest absolute Gasteiger partial charge is 0.311 e. The predicted molar refractivity (Wildman–Crippen MR) is 42.2 cm³/mol. The summed E-state index contributed by atoms with van der Waals surface area (Å²) < 4.78 is 0. The minimum atomic E-state index is -1.36. The van der Waals surface area contributed by atoms with Crippen molar-refractivity contribution >= 4 is 23.3 Å². The van der Waals surface area contributed by atoms with Gasteiger partial charge in [0.05, 0.1) is 6.42 Å². The van der Waals surface area contributed by atoms with Crippen LogP contribution in [0.5, 0.6) is 0 Å². The molecule has 0 heterocycles. The average molecular weight is 186 g/mol. The van der Waals surface area contributed by atoms with Gasteiger partial charge in [-0.25, -0.2) is 0 Å². The number of carboxylic acid groups (broad SMARTS) is 1. The number of carbonyl (C=O) groups is 4. The van der Waals surface area contributed by atoms with Crippen LogP contribution in [0.4, 0.5) is 0 Å². The Labute approximate surface area is 74.7 Å². The predicted octanol–water partition coefficient (Wildman–Crippen LogP) is -0.0315. The molecule has 0 bridgehead atoms. The van der Waals surface area contributed by atoms with Crippen LogP contribution in [-0.4, -0.2) is 28.4 Å². The van der Waals surface area contributed by atoms with Gasteiger partial charge < -0.3 is 5.11 Å². The van der Waals surface area contributed by atoms with E-state index in [-0.39, 0.29) is 12.2 Å². The second-order valence-electron chi connectivity index (χ2n) is 2.49. The molecule has 0 amide bonds. The van der Waals surface area contributed by atoms with Crippen LogP contribution in [0.2, 0.25) is 0 Å². The number of rotatable bonds is 6. The van der Waals surface area contributed by atoms with E-state index in [9.17, 15) is 19.2 Å². The fourth-order valence-electron chi connectivity index (χ4n) is 0.639. The summed E-state index contributed by atoms with van der Waals surface area (Å²) in [6.45, 7) is 1.57. The molecule has 0 aliphatic carbocycles. The molecular weight excluding hydrogens is 176 g/mol. The monoisotopic (exact) mass is 186 g/mol. The summed E-state index contributed by atoms with van der Waals surface area (Å²) in [6, 6.07) is 0. The zero-order chi connectivity index (χ0) is 10.4. The topological polar surface area (TPSA) is 88.5 Å². The fraction of sp³-hybridized carbons (Fsp3) is 0.500. The van der Waals surface area contributed by atoms with Crippen molar-refractivity contribution in [2.75, 3.05) is 0 Å². The van der Waals surface area contributed by atoms with Crippen molar-refractivity contribution in [3.8, 4) is 0 Å². The zero-order valence-electron chi connectivity index (χ0n) is 7.20. The first-order valence-corrected chi connectivity index (χ1v) is 3.76. The zero-order valence-corrected chi connectivity index (χ0v) is 7.20. The van der Waals surface area contributed by atoms with Gasteiger partial charge in [-0.2, -0.15) is 0 Å². The highest BCUT2D eigenvalue weighted by Crippen LogP contribution is 1.94. The third-order valence-corrected chi connectivity index (χ3v) is 1.37. The van der Waals surface area contributed by atoms with E-state index in [4.69, 9.17) is 5.11 Å². The van der Waals surface area contributed by atoms with Crippen LogP contribution in [-0.2, 0) is 19.2 Å². The highest BCUT2D eigenvalue weighted by molar-refractivity contribution is 6.42. The lowest BCUT2D eigenvalue weighted by atomic mass is 10.1. The Morgan fingerprint density at radius 2 is 1.46 bits per heavy atom. The lowest BCUT2D eigenvalue weighted by Crippen LogP contribution is -2.20. The van der Waals surface area contributed by atoms with Gasteiger partial charge in [0.25, 0.3) is 0 Å². The van der Waals surface area contributed by atoms with Gasteiger partial charge in [0, 0.05) is 6.42 Å². The molecule has 0 unspecified atom stereocenters. The van der Waals surface area contributed by atoms with E-state index in [1.165, 1.54) is 0 Å². The van der Waals surface area contributed by atoms with Crippen LogP contribution in [0.25, 0.3) is 0 Å². The molecule has 1 N–H and O–H groups in total. The van der Waals surface area contributed by atoms with E-state index in [1.54, 1.807) is 6.92 Å². The summed E-state index contributed by atoms with van der Waals surface area (Å²) in [5, 5.41) is 8.17. The fourth-order valence-corrected chi connectivity index (χ4v) is 0.639. The molecule has 0 aromatic carbocycles. The van der Waals surface area contributed by atoms with E-state index >= 15 is 0 Å². The number of hydrogen-bond acceptors (Lipinski definition) is 4. The Morgan fingerprint density at radius 3 is 1.85 bits per heavy atom. The van der Waals surface area contributed by atoms with E-state index in [2.05, 4.69) is 0 Å². The largest absolute Gasteiger partial charge is 0.481 e. The Morgan fingerprint density at radius 1 is 1.00 bits per heavy atom. The Balaban J connectivity index is 4.04. The van der Waals surface area contributed by atoms with E-state index < -0.39 is 30.4 Å². The molecule has 0 spiro atoms. The summed E-state index contributed by atoms with van der Waals surface area (Å²) in [7, 11) is 0. The third kappa shape index (κ3) is 4.84. The number of hydrogen-bond donors (Lipinski definition) is 1. The van der Waals surface area contributed by atoms with Gasteiger partial charge in [0.2, 0.25) is 11.6 Å². The average Bonchev–Trinajstić information content (AvgIpc) is 2.02. The minimum Gasteiger partial charge on any atom is -0.481 e. The molecule has 0 aliphatic rings. The highest BCUT2D eigenvalue weighted by Gasteiger charge is 2.19. The Hall–Kier alpha value is -1.52. The number of ketones is 3. The first-order valence-electron chi connectivity index (χ1n) is 3.76. The second kappa shape index (κ2) is 5.18. The van der Waals surface area contributed by atoms with Crippen molar-refractivity contribution in [2.24, 2.45) is 0 Å². The van der Waals surface area contributed by atoms with Gasteiger partial charge in [0.15, 0.2) is 0 Å². The maximum Gasteiger partial charge on any atom is 0.311 e. The van der Waals surface area contributed by atoms with Crippen molar-refractivity contribution in [1.82, 2.24) is 0 Å². The Kier molecular flexibility index (Phi) is 4.58. The van der Waals surface area contributed by atoms with Crippen LogP contribution in [0.3, 0.4) is 0 Å². The molecule has 5 heteroatoms. The summed E-state index contributed by atoms with van der Waals surface area (Å²) >= 11 is 0. The van der Waals surface area contributed by atoms with E-state index in [0.717, 1.165) is 0 Å². The highest BCUT2D eigenvalue weighted by atomic mass is 16.4. The lowest BCUT2D eigenvalue weighted by molar-refractivity contribution is -0.145. The summed E-state index contributed by atoms with van der Waals surface area (Å²) in [4.78, 5) is 42.2. The molecule has 0 fully saturated rings. The molecule has 0 rings (SSSR count). The maximum atomic E-state index is 10.8. The molecule has 0 aromatic heterocycles. The van der Waals surface area contributed by atoms with Gasteiger partial charge in [-0.3, -0.25) is 19.2 Å². The van der Waals surface area contributed by atoms with Gasteiger partial charge in [0.1, 0.15) is 12.2 Å². The number of aliphatic carboxylic acids is 1. The van der Waals surface area contributed by atoms with Gasteiger partial charge >= 0.3 is 5.97 Å². The molecular formula is C8H10O5. The summed E-state index contributed by atoms with van der Waals surface area (Å²) in [5.41, 5.74) is 0. The molecule has 72 valence electrons. The number of carbonyl (C=O) groups excluding carboxylic acids is 3. The number of carboxylic acids is 1. The normalized spacial score (nSPS) is 9.31. The van der Waals surface area contributed by atoms with Crippen LogP contribution >= 0.6 is 0 Å². The molecule has 0 aromatic rings. The molecule has 0 aliphatic heterocycles. The van der Waals surface area contributed by atoms with Gasteiger partial charge in [-0.1, -0.05) is 6.92 Å². The molecule has 0 saturated carbocycles.